The van der Waals surface area contributed by atoms with Crippen LogP contribution in [0.15, 0.2) is 39.9 Å². The first kappa shape index (κ1) is 15.1. The molecule has 0 aliphatic heterocycles. The topological polar surface area (TPSA) is 62.5 Å². The zero-order chi connectivity index (χ0) is 15.1. The summed E-state index contributed by atoms with van der Waals surface area (Å²) in [5, 5.41) is 6.38. The van der Waals surface area contributed by atoms with E-state index in [9.17, 15) is 0 Å². The summed E-state index contributed by atoms with van der Waals surface area (Å²) in [5.74, 6) is 2.18. The van der Waals surface area contributed by atoms with Gasteiger partial charge < -0.3 is 15.1 Å². The van der Waals surface area contributed by atoms with Gasteiger partial charge in [-0.1, -0.05) is 36.8 Å². The number of guanidine groups is 1. The maximum atomic E-state index is 5.75. The van der Waals surface area contributed by atoms with Gasteiger partial charge in [0.1, 0.15) is 0 Å². The van der Waals surface area contributed by atoms with E-state index in [4.69, 9.17) is 4.42 Å². The molecule has 5 nitrogen and oxygen atoms in total. The standard InChI is InChI=1S/C16H22N4O/c1-4-9-18-16(17-3)20-11-15-19-10-14(21-15)13-7-5-12(2)6-8-13/h5-8,10H,4,9,11H2,1-3H3,(H2,17,18,20). The molecule has 1 heterocycles. The van der Waals surface area contributed by atoms with Crippen molar-refractivity contribution < 1.29 is 4.42 Å². The minimum Gasteiger partial charge on any atom is -0.439 e. The highest BCUT2D eigenvalue weighted by Gasteiger charge is 2.06. The van der Waals surface area contributed by atoms with Gasteiger partial charge in [-0.2, -0.15) is 0 Å². The maximum Gasteiger partial charge on any atom is 0.214 e. The number of nitrogens with one attached hydrogen (secondary N) is 2. The van der Waals surface area contributed by atoms with Gasteiger partial charge in [0.05, 0.1) is 12.7 Å². The Balaban J connectivity index is 1.95. The Hall–Kier alpha value is -2.30. The summed E-state index contributed by atoms with van der Waals surface area (Å²) in [5.41, 5.74) is 2.26. The van der Waals surface area contributed by atoms with Crippen LogP contribution >= 0.6 is 0 Å². The fourth-order valence-corrected chi connectivity index (χ4v) is 1.87. The molecule has 0 spiro atoms. The Morgan fingerprint density at radius 2 is 2.00 bits per heavy atom. The molecular formula is C16H22N4O. The summed E-state index contributed by atoms with van der Waals surface area (Å²) in [4.78, 5) is 8.43. The van der Waals surface area contributed by atoms with Crippen LogP contribution in [0.3, 0.4) is 0 Å². The van der Waals surface area contributed by atoms with E-state index < -0.39 is 0 Å². The summed E-state index contributed by atoms with van der Waals surface area (Å²) in [7, 11) is 1.75. The number of rotatable bonds is 5. The molecule has 21 heavy (non-hydrogen) atoms. The third-order valence-electron chi connectivity index (χ3n) is 3.06. The monoisotopic (exact) mass is 286 g/mol. The van der Waals surface area contributed by atoms with Crippen LogP contribution in [0.1, 0.15) is 24.8 Å². The van der Waals surface area contributed by atoms with Crippen LogP contribution in [0, 0.1) is 6.92 Å². The van der Waals surface area contributed by atoms with E-state index in [2.05, 4.69) is 46.6 Å². The van der Waals surface area contributed by atoms with Crippen molar-refractivity contribution in [3.05, 3.63) is 41.9 Å². The maximum absolute atomic E-state index is 5.75. The van der Waals surface area contributed by atoms with E-state index in [0.717, 1.165) is 30.2 Å². The minimum absolute atomic E-state index is 0.509. The van der Waals surface area contributed by atoms with Gasteiger partial charge in [-0.15, -0.1) is 0 Å². The van der Waals surface area contributed by atoms with Crippen molar-refractivity contribution >= 4 is 5.96 Å². The highest BCUT2D eigenvalue weighted by molar-refractivity contribution is 5.79. The number of aliphatic imine (C=N–C) groups is 1. The summed E-state index contributed by atoms with van der Waals surface area (Å²) >= 11 is 0. The third kappa shape index (κ3) is 4.34. The predicted octanol–water partition coefficient (Wildman–Crippen LogP) is 2.73. The van der Waals surface area contributed by atoms with Crippen molar-refractivity contribution in [2.75, 3.05) is 13.6 Å². The zero-order valence-corrected chi connectivity index (χ0v) is 12.8. The molecular weight excluding hydrogens is 264 g/mol. The largest absolute Gasteiger partial charge is 0.439 e. The van der Waals surface area contributed by atoms with E-state index in [0.29, 0.717) is 12.4 Å². The number of hydrogen-bond donors (Lipinski definition) is 2. The van der Waals surface area contributed by atoms with Crippen molar-refractivity contribution in [2.24, 2.45) is 4.99 Å². The van der Waals surface area contributed by atoms with Crippen LogP contribution in [-0.2, 0) is 6.54 Å². The SMILES string of the molecule is CCCNC(=NC)NCc1ncc(-c2ccc(C)cc2)o1. The molecule has 2 aromatic rings. The molecule has 2 rings (SSSR count). The van der Waals surface area contributed by atoms with Crippen molar-refractivity contribution in [1.82, 2.24) is 15.6 Å². The molecule has 0 saturated carbocycles. The normalized spacial score (nSPS) is 11.5. The summed E-state index contributed by atoms with van der Waals surface area (Å²) in [6, 6.07) is 8.20. The number of nitrogens with zero attached hydrogens (tertiary/aromatic N) is 2. The highest BCUT2D eigenvalue weighted by Crippen LogP contribution is 2.20. The van der Waals surface area contributed by atoms with E-state index in [-0.39, 0.29) is 0 Å². The average Bonchev–Trinajstić information content (AvgIpc) is 2.97. The lowest BCUT2D eigenvalue weighted by Crippen LogP contribution is -2.37. The Labute approximate surface area is 125 Å². The van der Waals surface area contributed by atoms with Gasteiger partial charge in [-0.3, -0.25) is 4.99 Å². The second-order valence-corrected chi connectivity index (χ2v) is 4.84. The fraction of sp³-hybridized carbons (Fsp3) is 0.375. The molecule has 0 unspecified atom stereocenters. The first-order valence-electron chi connectivity index (χ1n) is 7.19. The quantitative estimate of drug-likeness (QED) is 0.655. The Kier molecular flexibility index (Phi) is 5.37. The Morgan fingerprint density at radius 1 is 1.24 bits per heavy atom. The molecule has 0 fully saturated rings. The smallest absolute Gasteiger partial charge is 0.214 e. The van der Waals surface area contributed by atoms with Gasteiger partial charge in [0.25, 0.3) is 0 Å². The van der Waals surface area contributed by atoms with Crippen LogP contribution in [0.5, 0.6) is 0 Å². The Morgan fingerprint density at radius 3 is 2.67 bits per heavy atom. The lowest BCUT2D eigenvalue weighted by atomic mass is 10.1. The molecule has 0 aliphatic carbocycles. The predicted molar refractivity (Wildman–Crippen MR) is 85.2 cm³/mol. The molecule has 2 N–H and O–H groups in total. The number of aromatic nitrogens is 1. The first-order chi connectivity index (χ1) is 10.2. The van der Waals surface area contributed by atoms with Crippen LogP contribution < -0.4 is 10.6 Å². The molecule has 1 aromatic heterocycles. The second-order valence-electron chi connectivity index (χ2n) is 4.84. The highest BCUT2D eigenvalue weighted by atomic mass is 16.4. The van der Waals surface area contributed by atoms with Gasteiger partial charge in [-0.05, 0) is 13.3 Å². The summed E-state index contributed by atoms with van der Waals surface area (Å²) < 4.78 is 5.75. The van der Waals surface area contributed by atoms with Crippen molar-refractivity contribution in [1.29, 1.82) is 0 Å². The number of oxazole rings is 1. The van der Waals surface area contributed by atoms with E-state index >= 15 is 0 Å². The van der Waals surface area contributed by atoms with Crippen LogP contribution in [0.2, 0.25) is 0 Å². The van der Waals surface area contributed by atoms with Crippen molar-refractivity contribution in [3.8, 4) is 11.3 Å². The van der Waals surface area contributed by atoms with Gasteiger partial charge in [0.2, 0.25) is 5.89 Å². The van der Waals surface area contributed by atoms with E-state index in [1.165, 1.54) is 5.56 Å². The molecule has 1 aromatic carbocycles. The Bertz CT molecular complexity index is 587. The van der Waals surface area contributed by atoms with Gasteiger partial charge in [0, 0.05) is 19.2 Å². The average molecular weight is 286 g/mol. The molecule has 0 saturated heterocycles. The summed E-state index contributed by atoms with van der Waals surface area (Å²) in [6.45, 7) is 5.58. The van der Waals surface area contributed by atoms with Crippen molar-refractivity contribution in [3.63, 3.8) is 0 Å². The molecule has 5 heteroatoms. The molecule has 0 atom stereocenters. The van der Waals surface area contributed by atoms with Crippen LogP contribution in [0.25, 0.3) is 11.3 Å². The fourth-order valence-electron chi connectivity index (χ4n) is 1.87. The van der Waals surface area contributed by atoms with Gasteiger partial charge in [0.15, 0.2) is 11.7 Å². The first-order valence-corrected chi connectivity index (χ1v) is 7.19. The van der Waals surface area contributed by atoms with Crippen molar-refractivity contribution in [2.45, 2.75) is 26.8 Å². The molecule has 0 bridgehead atoms. The molecule has 0 amide bonds. The van der Waals surface area contributed by atoms with Gasteiger partial charge in [-0.25, -0.2) is 4.98 Å². The molecule has 112 valence electrons. The minimum atomic E-state index is 0.509. The molecule has 0 aliphatic rings. The number of benzene rings is 1. The van der Waals surface area contributed by atoms with E-state index in [1.807, 2.05) is 12.1 Å². The zero-order valence-electron chi connectivity index (χ0n) is 12.8. The number of aryl methyl sites for hydroxylation is 1. The van der Waals surface area contributed by atoms with E-state index in [1.54, 1.807) is 13.2 Å². The summed E-state index contributed by atoms with van der Waals surface area (Å²) in [6.07, 6.45) is 2.81. The lowest BCUT2D eigenvalue weighted by molar-refractivity contribution is 0.497. The third-order valence-corrected chi connectivity index (χ3v) is 3.06. The van der Waals surface area contributed by atoms with Crippen LogP contribution in [-0.4, -0.2) is 24.5 Å². The van der Waals surface area contributed by atoms with Crippen LogP contribution in [0.4, 0.5) is 0 Å². The lowest BCUT2D eigenvalue weighted by Gasteiger charge is -2.09. The second kappa shape index (κ2) is 7.47. The number of hydrogen-bond acceptors (Lipinski definition) is 3. The molecule has 0 radical (unpaired) electrons. The van der Waals surface area contributed by atoms with Gasteiger partial charge >= 0.3 is 0 Å².